The van der Waals surface area contributed by atoms with Crippen LogP contribution < -0.4 is 0 Å². The number of carboxylic acid groups (broad SMARTS) is 1. The first-order valence-electron chi connectivity index (χ1n) is 24.2. The van der Waals surface area contributed by atoms with Crippen LogP contribution in [0, 0.1) is 0 Å². The van der Waals surface area contributed by atoms with Crippen molar-refractivity contribution in [3.05, 3.63) is 134 Å². The molecule has 2 unspecified atom stereocenters. The first-order valence-corrected chi connectivity index (χ1v) is 24.2. The standard InChI is InChI=1S/C56H87NO7/c1-6-8-10-12-14-16-18-20-22-24-26-27-29-31-33-35-37-39-41-43-45-47-55(59)64-52(50-62-49-48-53(56(60)61)57(3,4)5)51-63-54(58)46-44-42-40-38-36-34-32-30-28-25-23-21-19-17-15-13-11-9-7-2/h8-11,14-17,20-23,26-28,30-31,33-34,36-37,39,52-53H,6-7,12-13,18-19,24-25,29,32,35,38,40-51H2,1-5H3/p+1/b10-8+,11-9+,16-14+,17-15+,22-20+,23-21+,27-26+,30-28+,33-31+,36-34+,39-37+. The van der Waals surface area contributed by atoms with E-state index in [1.165, 1.54) is 0 Å². The van der Waals surface area contributed by atoms with Crippen molar-refractivity contribution in [1.82, 2.24) is 0 Å². The highest BCUT2D eigenvalue weighted by Gasteiger charge is 2.31. The number of ether oxygens (including phenoxy) is 3. The minimum atomic E-state index is -0.894. The van der Waals surface area contributed by atoms with Crippen molar-refractivity contribution in [2.24, 2.45) is 0 Å². The van der Waals surface area contributed by atoms with Crippen molar-refractivity contribution in [3.63, 3.8) is 0 Å². The number of unbranched alkanes of at least 4 members (excludes halogenated alkanes) is 5. The molecule has 0 aromatic heterocycles. The van der Waals surface area contributed by atoms with Crippen LogP contribution in [0.4, 0.5) is 0 Å². The molecule has 0 aliphatic carbocycles. The maximum atomic E-state index is 12.8. The summed E-state index contributed by atoms with van der Waals surface area (Å²) in [5.74, 6) is -1.59. The molecule has 358 valence electrons. The van der Waals surface area contributed by atoms with Crippen molar-refractivity contribution in [2.45, 2.75) is 161 Å². The molecule has 0 aromatic carbocycles. The van der Waals surface area contributed by atoms with E-state index < -0.39 is 18.1 Å². The Labute approximate surface area is 390 Å². The Morgan fingerprint density at radius 1 is 0.469 bits per heavy atom. The molecule has 0 saturated heterocycles. The molecule has 8 heteroatoms. The largest absolute Gasteiger partial charge is 0.477 e. The molecule has 0 aliphatic rings. The number of rotatable bonds is 41. The van der Waals surface area contributed by atoms with Gasteiger partial charge in [-0.15, -0.1) is 0 Å². The van der Waals surface area contributed by atoms with Gasteiger partial charge in [-0.2, -0.15) is 0 Å². The van der Waals surface area contributed by atoms with E-state index in [1.54, 1.807) is 0 Å². The van der Waals surface area contributed by atoms with Crippen LogP contribution in [0.1, 0.15) is 149 Å². The van der Waals surface area contributed by atoms with Crippen LogP contribution >= 0.6 is 0 Å². The number of nitrogens with zero attached hydrogens (tertiary/aromatic N) is 1. The molecule has 8 nitrogen and oxygen atoms in total. The van der Waals surface area contributed by atoms with Crippen LogP contribution in [0.5, 0.6) is 0 Å². The van der Waals surface area contributed by atoms with Gasteiger partial charge in [0.2, 0.25) is 0 Å². The van der Waals surface area contributed by atoms with Crippen LogP contribution in [0.25, 0.3) is 0 Å². The van der Waals surface area contributed by atoms with Crippen LogP contribution in [-0.2, 0) is 28.6 Å². The Morgan fingerprint density at radius 2 is 0.828 bits per heavy atom. The van der Waals surface area contributed by atoms with E-state index in [9.17, 15) is 19.5 Å². The molecule has 0 heterocycles. The number of carboxylic acids is 1. The predicted octanol–water partition coefficient (Wildman–Crippen LogP) is 14.0. The number of allylic oxidation sites excluding steroid dienone is 22. The molecule has 0 saturated carbocycles. The van der Waals surface area contributed by atoms with Gasteiger partial charge in [0.25, 0.3) is 0 Å². The second-order valence-electron chi connectivity index (χ2n) is 16.6. The van der Waals surface area contributed by atoms with Crippen molar-refractivity contribution < 1.29 is 38.2 Å². The Balaban J connectivity index is 4.48. The summed E-state index contributed by atoms with van der Waals surface area (Å²) < 4.78 is 17.2. The van der Waals surface area contributed by atoms with E-state index in [4.69, 9.17) is 14.2 Å². The average molecular weight is 887 g/mol. The molecule has 0 bridgehead atoms. The number of quaternary nitrogens is 1. The third-order valence-corrected chi connectivity index (χ3v) is 9.80. The van der Waals surface area contributed by atoms with Gasteiger partial charge < -0.3 is 23.8 Å². The Hall–Kier alpha value is -4.53. The third kappa shape index (κ3) is 42.8. The summed E-state index contributed by atoms with van der Waals surface area (Å²) >= 11 is 0. The second kappa shape index (κ2) is 45.1. The van der Waals surface area contributed by atoms with Crippen LogP contribution in [0.15, 0.2) is 134 Å². The molecular weight excluding hydrogens is 799 g/mol. The number of carbonyl (C=O) groups is 3. The minimum absolute atomic E-state index is 0.0221. The fraction of sp³-hybridized carbons (Fsp3) is 0.554. The fourth-order valence-corrected chi connectivity index (χ4v) is 6.12. The molecular formula is C56H88NO7+. The molecule has 0 amide bonds. The summed E-state index contributed by atoms with van der Waals surface area (Å²) in [6.07, 6.45) is 65.0. The molecule has 0 aliphatic heterocycles. The predicted molar refractivity (Wildman–Crippen MR) is 270 cm³/mol. The lowest BCUT2D eigenvalue weighted by atomic mass is 10.1. The van der Waals surface area contributed by atoms with Crippen molar-refractivity contribution in [1.29, 1.82) is 0 Å². The van der Waals surface area contributed by atoms with Crippen LogP contribution in [0.3, 0.4) is 0 Å². The van der Waals surface area contributed by atoms with Crippen molar-refractivity contribution >= 4 is 17.9 Å². The zero-order valence-electron chi connectivity index (χ0n) is 40.7. The van der Waals surface area contributed by atoms with Crippen molar-refractivity contribution in [2.75, 3.05) is 41.0 Å². The maximum absolute atomic E-state index is 12.8. The Morgan fingerprint density at radius 3 is 1.22 bits per heavy atom. The number of hydrogen-bond donors (Lipinski definition) is 1. The van der Waals surface area contributed by atoms with Gasteiger partial charge >= 0.3 is 17.9 Å². The first-order chi connectivity index (χ1) is 31.1. The monoisotopic (exact) mass is 887 g/mol. The Kier molecular flexibility index (Phi) is 41.9. The lowest BCUT2D eigenvalue weighted by molar-refractivity contribution is -0.887. The molecule has 0 rings (SSSR count). The normalized spacial score (nSPS) is 14.1. The quantitative estimate of drug-likeness (QED) is 0.0282. The number of aliphatic carboxylic acids is 1. The highest BCUT2D eigenvalue weighted by atomic mass is 16.6. The molecule has 0 radical (unpaired) electrons. The highest BCUT2D eigenvalue weighted by molar-refractivity contribution is 5.72. The van der Waals surface area contributed by atoms with Gasteiger partial charge in [-0.3, -0.25) is 9.59 Å². The van der Waals surface area contributed by atoms with Gasteiger partial charge in [-0.1, -0.05) is 154 Å². The van der Waals surface area contributed by atoms with Crippen molar-refractivity contribution in [3.8, 4) is 0 Å². The van der Waals surface area contributed by atoms with E-state index >= 15 is 0 Å². The highest BCUT2D eigenvalue weighted by Crippen LogP contribution is 2.11. The number of hydrogen-bond acceptors (Lipinski definition) is 6. The smallest absolute Gasteiger partial charge is 0.362 e. The maximum Gasteiger partial charge on any atom is 0.362 e. The topological polar surface area (TPSA) is 99.1 Å². The summed E-state index contributed by atoms with van der Waals surface area (Å²) in [6.45, 7) is 4.40. The summed E-state index contributed by atoms with van der Waals surface area (Å²) in [5.41, 5.74) is 0. The number of carbonyl (C=O) groups excluding carboxylic acids is 2. The molecule has 64 heavy (non-hydrogen) atoms. The molecule has 0 spiro atoms. The van der Waals surface area contributed by atoms with Gasteiger partial charge in [0.15, 0.2) is 12.1 Å². The number of likely N-dealkylation sites (N-methyl/N-ethyl adjacent to an activating group) is 1. The lowest BCUT2D eigenvalue weighted by Gasteiger charge is -2.31. The zero-order valence-corrected chi connectivity index (χ0v) is 40.7. The summed E-state index contributed by atoms with van der Waals surface area (Å²) in [7, 11) is 5.49. The van der Waals surface area contributed by atoms with E-state index in [1.807, 2.05) is 21.1 Å². The second-order valence-corrected chi connectivity index (χ2v) is 16.6. The Bertz CT molecular complexity index is 1500. The van der Waals surface area contributed by atoms with Gasteiger partial charge in [-0.25, -0.2) is 4.79 Å². The molecule has 1 N–H and O–H groups in total. The first kappa shape index (κ1) is 59.5. The zero-order chi connectivity index (χ0) is 47.0. The van der Waals surface area contributed by atoms with E-state index in [0.29, 0.717) is 19.3 Å². The van der Waals surface area contributed by atoms with Crippen LogP contribution in [-0.4, -0.2) is 80.6 Å². The molecule has 0 fully saturated rings. The van der Waals surface area contributed by atoms with Crippen LogP contribution in [0.2, 0.25) is 0 Å². The van der Waals surface area contributed by atoms with E-state index in [0.717, 1.165) is 109 Å². The van der Waals surface area contributed by atoms with Gasteiger partial charge in [0, 0.05) is 19.3 Å². The number of esters is 2. The lowest BCUT2D eigenvalue weighted by Crippen LogP contribution is -2.50. The molecule has 2 atom stereocenters. The minimum Gasteiger partial charge on any atom is -0.477 e. The summed E-state index contributed by atoms with van der Waals surface area (Å²) in [6, 6.07) is -0.638. The summed E-state index contributed by atoms with van der Waals surface area (Å²) in [5, 5.41) is 9.65. The SMILES string of the molecule is CC/C=C/C/C=C/C/C=C/C/C=C/C/C=C/C/C=C/CCCCC(=O)OC(COCCC(C(=O)O)[N+](C)(C)C)COC(=O)CCCCC/C=C/C/C=C/C/C=C/C/C=C/C/C=C/CC. The van der Waals surface area contributed by atoms with Gasteiger partial charge in [-0.05, 0) is 109 Å². The van der Waals surface area contributed by atoms with Gasteiger partial charge in [0.1, 0.15) is 6.61 Å². The van der Waals surface area contributed by atoms with E-state index in [2.05, 4.69) is 148 Å². The third-order valence-electron chi connectivity index (χ3n) is 9.80. The molecule has 0 aromatic rings. The summed E-state index contributed by atoms with van der Waals surface area (Å²) in [4.78, 5) is 37.1. The van der Waals surface area contributed by atoms with Gasteiger partial charge in [0.05, 0.1) is 34.4 Å². The fourth-order valence-electron chi connectivity index (χ4n) is 6.12. The van der Waals surface area contributed by atoms with E-state index in [-0.39, 0.29) is 42.7 Å². The average Bonchev–Trinajstić information content (AvgIpc) is 3.26.